The lowest BCUT2D eigenvalue weighted by Gasteiger charge is -2.13. The van der Waals surface area contributed by atoms with Gasteiger partial charge in [0.2, 0.25) is 0 Å². The number of hydrogen-bond donors (Lipinski definition) is 0. The van der Waals surface area contributed by atoms with Crippen LogP contribution in [0.1, 0.15) is 39.0 Å². The van der Waals surface area contributed by atoms with E-state index < -0.39 is 0 Å². The van der Waals surface area contributed by atoms with Crippen molar-refractivity contribution in [3.8, 4) is 6.07 Å². The van der Waals surface area contributed by atoms with Crippen LogP contribution in [-0.4, -0.2) is 25.0 Å². The van der Waals surface area contributed by atoms with E-state index in [-0.39, 0.29) is 12.4 Å². The average molecular weight is 205 g/mol. The molecule has 0 aromatic carbocycles. The summed E-state index contributed by atoms with van der Waals surface area (Å²) in [7, 11) is 2.09. The van der Waals surface area contributed by atoms with Gasteiger partial charge in [-0.3, -0.25) is 0 Å². The van der Waals surface area contributed by atoms with E-state index in [9.17, 15) is 0 Å². The molecule has 0 aromatic heterocycles. The minimum Gasteiger partial charge on any atom is -0.305 e. The van der Waals surface area contributed by atoms with E-state index in [0.717, 1.165) is 13.1 Å². The van der Waals surface area contributed by atoms with E-state index in [1.54, 1.807) is 0 Å². The second-order valence-electron chi connectivity index (χ2n) is 3.27. The molecule has 78 valence electrons. The molecule has 0 aromatic rings. The Hall–Kier alpha value is -0.260. The van der Waals surface area contributed by atoms with Crippen LogP contribution in [0.15, 0.2) is 0 Å². The Balaban J connectivity index is 0. The molecule has 0 atom stereocenters. The number of hydrogen-bond acceptors (Lipinski definition) is 2. The first-order valence-corrected chi connectivity index (χ1v) is 4.86. The van der Waals surface area contributed by atoms with Gasteiger partial charge in [-0.05, 0) is 20.0 Å². The first kappa shape index (κ1) is 15.2. The fourth-order valence-corrected chi connectivity index (χ4v) is 1.16. The van der Waals surface area contributed by atoms with E-state index >= 15 is 0 Å². The van der Waals surface area contributed by atoms with Crippen LogP contribution in [0.25, 0.3) is 0 Å². The molecule has 3 heteroatoms. The van der Waals surface area contributed by atoms with Crippen molar-refractivity contribution in [2.24, 2.45) is 0 Å². The lowest BCUT2D eigenvalue weighted by Crippen LogP contribution is -2.20. The zero-order valence-electron chi connectivity index (χ0n) is 8.75. The van der Waals surface area contributed by atoms with Crippen molar-refractivity contribution < 1.29 is 0 Å². The summed E-state index contributed by atoms with van der Waals surface area (Å²) in [6.45, 7) is 4.28. The van der Waals surface area contributed by atoms with Crippen LogP contribution in [0.4, 0.5) is 0 Å². The van der Waals surface area contributed by atoms with Crippen LogP contribution < -0.4 is 0 Å². The Morgan fingerprint density at radius 1 is 1.15 bits per heavy atom. The third kappa shape index (κ3) is 11.7. The van der Waals surface area contributed by atoms with Crippen molar-refractivity contribution in [1.29, 1.82) is 5.26 Å². The molecule has 0 fully saturated rings. The molecule has 0 aliphatic rings. The topological polar surface area (TPSA) is 27.0 Å². The third-order valence-electron chi connectivity index (χ3n) is 2.00. The quantitative estimate of drug-likeness (QED) is 0.597. The minimum atomic E-state index is 0. The molecule has 0 rings (SSSR count). The van der Waals surface area contributed by atoms with Crippen molar-refractivity contribution in [3.63, 3.8) is 0 Å². The van der Waals surface area contributed by atoms with E-state index in [0.29, 0.717) is 6.42 Å². The van der Waals surface area contributed by atoms with Crippen molar-refractivity contribution in [1.82, 2.24) is 4.90 Å². The summed E-state index contributed by atoms with van der Waals surface area (Å²) in [5, 5.41) is 8.35. The second kappa shape index (κ2) is 11.7. The highest BCUT2D eigenvalue weighted by atomic mass is 35.5. The summed E-state index contributed by atoms with van der Waals surface area (Å²) in [6.07, 6.45) is 5.89. The van der Waals surface area contributed by atoms with Crippen LogP contribution in [0.2, 0.25) is 0 Å². The van der Waals surface area contributed by atoms with Gasteiger partial charge in [0, 0.05) is 13.0 Å². The van der Waals surface area contributed by atoms with Crippen LogP contribution in [-0.2, 0) is 0 Å². The van der Waals surface area contributed by atoms with Gasteiger partial charge < -0.3 is 4.90 Å². The SMILES string of the molecule is CCCCCCN(C)CCC#N.Cl. The molecule has 0 saturated carbocycles. The Morgan fingerprint density at radius 3 is 2.38 bits per heavy atom. The van der Waals surface area contributed by atoms with Gasteiger partial charge in [-0.2, -0.15) is 5.26 Å². The maximum absolute atomic E-state index is 8.35. The van der Waals surface area contributed by atoms with E-state index in [2.05, 4.69) is 24.9 Å². The molecule has 0 aliphatic carbocycles. The van der Waals surface area contributed by atoms with E-state index in [1.165, 1.54) is 25.7 Å². The molecular formula is C10H21ClN2. The molecule has 13 heavy (non-hydrogen) atoms. The molecule has 0 N–H and O–H groups in total. The van der Waals surface area contributed by atoms with Crippen molar-refractivity contribution in [2.45, 2.75) is 39.0 Å². The monoisotopic (exact) mass is 204 g/mol. The highest BCUT2D eigenvalue weighted by Crippen LogP contribution is 2.00. The number of rotatable bonds is 7. The highest BCUT2D eigenvalue weighted by molar-refractivity contribution is 5.85. The zero-order chi connectivity index (χ0) is 9.23. The molecule has 0 saturated heterocycles. The van der Waals surface area contributed by atoms with Crippen molar-refractivity contribution in [2.75, 3.05) is 20.1 Å². The van der Waals surface area contributed by atoms with Crippen LogP contribution in [0.5, 0.6) is 0 Å². The maximum Gasteiger partial charge on any atom is 0.0635 e. The van der Waals surface area contributed by atoms with Crippen molar-refractivity contribution >= 4 is 12.4 Å². The summed E-state index contributed by atoms with van der Waals surface area (Å²) in [5.41, 5.74) is 0. The second-order valence-corrected chi connectivity index (χ2v) is 3.27. The van der Waals surface area contributed by atoms with Crippen LogP contribution in [0, 0.1) is 11.3 Å². The molecular weight excluding hydrogens is 184 g/mol. The third-order valence-corrected chi connectivity index (χ3v) is 2.00. The van der Waals surface area contributed by atoms with Gasteiger partial charge in [0.05, 0.1) is 6.07 Å². The zero-order valence-corrected chi connectivity index (χ0v) is 9.57. The van der Waals surface area contributed by atoms with E-state index in [4.69, 9.17) is 5.26 Å². The summed E-state index contributed by atoms with van der Waals surface area (Å²) < 4.78 is 0. The van der Waals surface area contributed by atoms with Gasteiger partial charge in [-0.15, -0.1) is 12.4 Å². The number of nitrogens with zero attached hydrogens (tertiary/aromatic N) is 2. The fraction of sp³-hybridized carbons (Fsp3) is 0.900. The van der Waals surface area contributed by atoms with E-state index in [1.807, 2.05) is 0 Å². The van der Waals surface area contributed by atoms with Crippen molar-refractivity contribution in [3.05, 3.63) is 0 Å². The normalized spacial score (nSPS) is 9.38. The standard InChI is InChI=1S/C10H20N2.ClH/c1-3-4-5-6-9-12(2)10-7-8-11;/h3-7,9-10H2,1-2H3;1H. The van der Waals surface area contributed by atoms with Gasteiger partial charge >= 0.3 is 0 Å². The fourth-order valence-electron chi connectivity index (χ4n) is 1.16. The first-order valence-electron chi connectivity index (χ1n) is 4.86. The number of halogens is 1. The van der Waals surface area contributed by atoms with Crippen LogP contribution in [0.3, 0.4) is 0 Å². The van der Waals surface area contributed by atoms with Gasteiger partial charge in [0.15, 0.2) is 0 Å². The Morgan fingerprint density at radius 2 is 1.85 bits per heavy atom. The molecule has 0 aliphatic heterocycles. The lowest BCUT2D eigenvalue weighted by molar-refractivity contribution is 0.331. The molecule has 0 radical (unpaired) electrons. The number of unbranched alkanes of at least 4 members (excludes halogenated alkanes) is 3. The minimum absolute atomic E-state index is 0. The molecule has 0 bridgehead atoms. The van der Waals surface area contributed by atoms with Crippen LogP contribution >= 0.6 is 12.4 Å². The summed E-state index contributed by atoms with van der Waals surface area (Å²) in [5.74, 6) is 0. The Bertz CT molecular complexity index is 131. The van der Waals surface area contributed by atoms with Gasteiger partial charge in [-0.25, -0.2) is 0 Å². The Labute approximate surface area is 88.3 Å². The van der Waals surface area contributed by atoms with Gasteiger partial charge in [0.25, 0.3) is 0 Å². The number of nitriles is 1. The predicted molar refractivity (Wildman–Crippen MR) is 59.1 cm³/mol. The largest absolute Gasteiger partial charge is 0.305 e. The molecule has 0 heterocycles. The van der Waals surface area contributed by atoms with Gasteiger partial charge in [0.1, 0.15) is 0 Å². The molecule has 0 unspecified atom stereocenters. The first-order chi connectivity index (χ1) is 5.81. The van der Waals surface area contributed by atoms with Gasteiger partial charge in [-0.1, -0.05) is 26.2 Å². The summed E-state index contributed by atoms with van der Waals surface area (Å²) in [6, 6.07) is 2.16. The summed E-state index contributed by atoms with van der Waals surface area (Å²) in [4.78, 5) is 2.24. The maximum atomic E-state index is 8.35. The highest BCUT2D eigenvalue weighted by Gasteiger charge is 1.96. The lowest BCUT2D eigenvalue weighted by atomic mass is 10.2. The molecule has 2 nitrogen and oxygen atoms in total. The Kier molecular flexibility index (Phi) is 13.7. The smallest absolute Gasteiger partial charge is 0.0635 e. The molecule has 0 amide bonds. The summed E-state index contributed by atoms with van der Waals surface area (Å²) >= 11 is 0. The average Bonchev–Trinajstić information content (AvgIpc) is 2.09. The molecule has 0 spiro atoms. The predicted octanol–water partition coefficient (Wildman–Crippen LogP) is 2.83.